The summed E-state index contributed by atoms with van der Waals surface area (Å²) >= 11 is 12.5. The van der Waals surface area contributed by atoms with E-state index in [2.05, 4.69) is 0 Å². The molecule has 0 fully saturated rings. The maximum atomic E-state index is 6.28. The summed E-state index contributed by atoms with van der Waals surface area (Å²) in [6.07, 6.45) is 0. The average Bonchev–Trinajstić information content (AvgIpc) is 2.26. The standard InChI is InChI=1S/C12H10Cl2Si/c13-9-6-7-10(15)12(14)11(9)8-4-2-1-3-5-8/h1-7H,15H3. The third-order valence-corrected chi connectivity index (χ3v) is 4.30. The van der Waals surface area contributed by atoms with Crippen LogP contribution in [0.25, 0.3) is 11.1 Å². The van der Waals surface area contributed by atoms with Gasteiger partial charge in [-0.1, -0.05) is 64.8 Å². The van der Waals surface area contributed by atoms with Gasteiger partial charge in [0, 0.05) is 25.9 Å². The summed E-state index contributed by atoms with van der Waals surface area (Å²) in [5.41, 5.74) is 2.02. The first-order chi connectivity index (χ1) is 7.20. The van der Waals surface area contributed by atoms with E-state index in [1.54, 1.807) is 0 Å². The third kappa shape index (κ3) is 2.10. The Morgan fingerprint density at radius 3 is 2.20 bits per heavy atom. The lowest BCUT2D eigenvalue weighted by atomic mass is 10.1. The molecule has 2 aromatic carbocycles. The molecule has 0 aromatic heterocycles. The van der Waals surface area contributed by atoms with E-state index >= 15 is 0 Å². The molecular formula is C12H10Cl2Si. The highest BCUT2D eigenvalue weighted by molar-refractivity contribution is 6.48. The molecular weight excluding hydrogens is 243 g/mol. The van der Waals surface area contributed by atoms with E-state index in [1.807, 2.05) is 42.5 Å². The summed E-state index contributed by atoms with van der Waals surface area (Å²) in [4.78, 5) is 0. The van der Waals surface area contributed by atoms with Crippen LogP contribution in [0.4, 0.5) is 0 Å². The van der Waals surface area contributed by atoms with Crippen molar-refractivity contribution in [2.24, 2.45) is 0 Å². The molecule has 0 unspecified atom stereocenters. The van der Waals surface area contributed by atoms with Crippen molar-refractivity contribution in [2.75, 3.05) is 0 Å². The van der Waals surface area contributed by atoms with Crippen LogP contribution in [-0.4, -0.2) is 10.2 Å². The molecule has 0 aliphatic rings. The predicted molar refractivity (Wildman–Crippen MR) is 71.5 cm³/mol. The highest BCUT2D eigenvalue weighted by atomic mass is 35.5. The molecule has 0 atom stereocenters. The molecule has 76 valence electrons. The Bertz CT molecular complexity index is 480. The van der Waals surface area contributed by atoms with Gasteiger partial charge in [-0.2, -0.15) is 0 Å². The molecule has 0 aliphatic carbocycles. The number of benzene rings is 2. The van der Waals surface area contributed by atoms with Gasteiger partial charge in [0.05, 0.1) is 0 Å². The van der Waals surface area contributed by atoms with Crippen LogP contribution in [-0.2, 0) is 0 Å². The number of hydrogen-bond acceptors (Lipinski definition) is 0. The summed E-state index contributed by atoms with van der Waals surface area (Å²) in [5.74, 6) is 0. The largest absolute Gasteiger partial charge is 0.0838 e. The maximum Gasteiger partial charge on any atom is 0.0499 e. The Morgan fingerprint density at radius 2 is 1.53 bits per heavy atom. The van der Waals surface area contributed by atoms with E-state index in [4.69, 9.17) is 23.2 Å². The first kappa shape index (κ1) is 10.7. The monoisotopic (exact) mass is 252 g/mol. The quantitative estimate of drug-likeness (QED) is 0.685. The van der Waals surface area contributed by atoms with Gasteiger partial charge in [-0.05, 0) is 11.6 Å². The zero-order valence-corrected chi connectivity index (χ0v) is 11.8. The van der Waals surface area contributed by atoms with Gasteiger partial charge in [0.15, 0.2) is 0 Å². The van der Waals surface area contributed by atoms with Gasteiger partial charge in [-0.3, -0.25) is 0 Å². The van der Waals surface area contributed by atoms with E-state index in [0.29, 0.717) is 5.02 Å². The highest BCUT2D eigenvalue weighted by Gasteiger charge is 2.09. The van der Waals surface area contributed by atoms with Crippen molar-refractivity contribution in [3.05, 3.63) is 52.5 Å². The SMILES string of the molecule is [SiH3]c1ccc(Cl)c(-c2ccccc2)c1Cl. The van der Waals surface area contributed by atoms with Crippen LogP contribution >= 0.6 is 23.2 Å². The fourth-order valence-corrected chi connectivity index (χ4v) is 2.53. The minimum Gasteiger partial charge on any atom is -0.0838 e. The smallest absolute Gasteiger partial charge is 0.0499 e. The van der Waals surface area contributed by atoms with Crippen LogP contribution in [0.15, 0.2) is 42.5 Å². The molecule has 0 amide bonds. The maximum absolute atomic E-state index is 6.28. The third-order valence-electron chi connectivity index (χ3n) is 2.35. The Hall–Kier alpha value is -0.763. The van der Waals surface area contributed by atoms with Gasteiger partial charge in [0.25, 0.3) is 0 Å². The van der Waals surface area contributed by atoms with Crippen molar-refractivity contribution in [3.8, 4) is 11.1 Å². The van der Waals surface area contributed by atoms with Crippen molar-refractivity contribution in [2.45, 2.75) is 0 Å². The summed E-state index contributed by atoms with van der Waals surface area (Å²) < 4.78 is 0. The summed E-state index contributed by atoms with van der Waals surface area (Å²) in [6, 6.07) is 13.9. The van der Waals surface area contributed by atoms with Gasteiger partial charge >= 0.3 is 0 Å². The molecule has 0 bridgehead atoms. The molecule has 0 spiro atoms. The molecule has 3 heteroatoms. The highest BCUT2D eigenvalue weighted by Crippen LogP contribution is 2.32. The van der Waals surface area contributed by atoms with E-state index in [1.165, 1.54) is 5.19 Å². The van der Waals surface area contributed by atoms with Crippen LogP contribution in [0.3, 0.4) is 0 Å². The van der Waals surface area contributed by atoms with Crippen LogP contribution < -0.4 is 5.19 Å². The fourth-order valence-electron chi connectivity index (χ4n) is 1.53. The Labute approximate surface area is 102 Å². The van der Waals surface area contributed by atoms with Crippen LogP contribution in [0.1, 0.15) is 0 Å². The average molecular weight is 253 g/mol. The predicted octanol–water partition coefficient (Wildman–Crippen LogP) is 2.65. The fraction of sp³-hybridized carbons (Fsp3) is 0. The minimum atomic E-state index is 0.714. The lowest BCUT2D eigenvalue weighted by molar-refractivity contribution is 1.64. The lowest BCUT2D eigenvalue weighted by Gasteiger charge is -2.09. The lowest BCUT2D eigenvalue weighted by Crippen LogP contribution is -2.04. The van der Waals surface area contributed by atoms with Crippen LogP contribution in [0.2, 0.25) is 10.0 Å². The van der Waals surface area contributed by atoms with Crippen molar-refractivity contribution in [1.29, 1.82) is 0 Å². The molecule has 2 rings (SSSR count). The van der Waals surface area contributed by atoms with Crippen molar-refractivity contribution < 1.29 is 0 Å². The molecule has 0 radical (unpaired) electrons. The summed E-state index contributed by atoms with van der Waals surface area (Å²) in [7, 11) is 0.933. The number of rotatable bonds is 1. The van der Waals surface area contributed by atoms with Crippen LogP contribution in [0.5, 0.6) is 0 Å². The molecule has 2 aromatic rings. The molecule has 0 saturated carbocycles. The van der Waals surface area contributed by atoms with Crippen molar-refractivity contribution >= 4 is 38.6 Å². The first-order valence-electron chi connectivity index (χ1n) is 4.70. The molecule has 0 nitrogen and oxygen atoms in total. The summed E-state index contributed by atoms with van der Waals surface area (Å²) in [5, 5.41) is 2.69. The second-order valence-electron chi connectivity index (χ2n) is 3.42. The van der Waals surface area contributed by atoms with Gasteiger partial charge in [-0.25, -0.2) is 0 Å². The minimum absolute atomic E-state index is 0.714. The van der Waals surface area contributed by atoms with Crippen LogP contribution in [0, 0.1) is 0 Å². The van der Waals surface area contributed by atoms with Gasteiger partial charge in [0.1, 0.15) is 0 Å². The van der Waals surface area contributed by atoms with Gasteiger partial charge in [-0.15, -0.1) is 0 Å². The Morgan fingerprint density at radius 1 is 0.867 bits per heavy atom. The Kier molecular flexibility index (Phi) is 3.15. The second kappa shape index (κ2) is 4.39. The van der Waals surface area contributed by atoms with Gasteiger partial charge in [0.2, 0.25) is 0 Å². The zero-order chi connectivity index (χ0) is 10.8. The zero-order valence-electron chi connectivity index (χ0n) is 8.30. The molecule has 15 heavy (non-hydrogen) atoms. The van der Waals surface area contributed by atoms with E-state index < -0.39 is 0 Å². The Balaban J connectivity index is 2.68. The van der Waals surface area contributed by atoms with E-state index in [-0.39, 0.29) is 0 Å². The molecule has 0 aliphatic heterocycles. The van der Waals surface area contributed by atoms with Gasteiger partial charge < -0.3 is 0 Å². The number of halogens is 2. The molecule has 0 saturated heterocycles. The topological polar surface area (TPSA) is 0 Å². The first-order valence-corrected chi connectivity index (χ1v) is 6.46. The molecule has 0 heterocycles. The normalized spacial score (nSPS) is 10.5. The van der Waals surface area contributed by atoms with Crippen molar-refractivity contribution in [1.82, 2.24) is 0 Å². The van der Waals surface area contributed by atoms with E-state index in [0.717, 1.165) is 26.4 Å². The van der Waals surface area contributed by atoms with Crippen molar-refractivity contribution in [3.63, 3.8) is 0 Å². The molecule has 0 N–H and O–H groups in total. The van der Waals surface area contributed by atoms with E-state index in [9.17, 15) is 0 Å². The summed E-state index contributed by atoms with van der Waals surface area (Å²) in [6.45, 7) is 0. The number of hydrogen-bond donors (Lipinski definition) is 0. The second-order valence-corrected chi connectivity index (χ2v) is 5.28.